The van der Waals surface area contributed by atoms with E-state index in [0.29, 0.717) is 0 Å². The summed E-state index contributed by atoms with van der Waals surface area (Å²) < 4.78 is 0. The minimum Gasteiger partial charge on any atom is -0.257 e. The van der Waals surface area contributed by atoms with Crippen molar-refractivity contribution in [2.75, 3.05) is 0 Å². The van der Waals surface area contributed by atoms with Crippen molar-refractivity contribution in [3.63, 3.8) is 0 Å². The number of nitrogens with zero attached hydrogens (tertiary/aromatic N) is 1. The standard InChI is InChI=1S/C10H10ClN/c1-6-5-8-7(2)9(11)3-4-10(8)12-6/h3-4H,5H2,1-2H3. The van der Waals surface area contributed by atoms with Crippen LogP contribution in [0, 0.1) is 6.92 Å². The van der Waals surface area contributed by atoms with Gasteiger partial charge in [0.1, 0.15) is 0 Å². The molecule has 0 aromatic heterocycles. The molecule has 0 spiro atoms. The summed E-state index contributed by atoms with van der Waals surface area (Å²) in [5, 5.41) is 0.846. The van der Waals surface area contributed by atoms with Gasteiger partial charge in [-0.3, -0.25) is 4.99 Å². The molecule has 0 atom stereocenters. The van der Waals surface area contributed by atoms with Gasteiger partial charge in [0.15, 0.2) is 0 Å². The number of fused-ring (bicyclic) bond motifs is 1. The zero-order valence-electron chi connectivity index (χ0n) is 7.19. The number of benzene rings is 1. The van der Waals surface area contributed by atoms with Gasteiger partial charge in [0.05, 0.1) is 5.69 Å². The molecular weight excluding hydrogens is 170 g/mol. The van der Waals surface area contributed by atoms with E-state index in [9.17, 15) is 0 Å². The highest BCUT2D eigenvalue weighted by molar-refractivity contribution is 6.31. The topological polar surface area (TPSA) is 12.4 Å². The van der Waals surface area contributed by atoms with Crippen LogP contribution in [0.15, 0.2) is 17.1 Å². The lowest BCUT2D eigenvalue weighted by Gasteiger charge is -2.03. The first-order valence-electron chi connectivity index (χ1n) is 4.00. The zero-order chi connectivity index (χ0) is 8.72. The van der Waals surface area contributed by atoms with Crippen LogP contribution in [0.25, 0.3) is 0 Å². The molecular formula is C10H10ClN. The second-order valence-electron chi connectivity index (χ2n) is 3.19. The molecule has 1 aromatic rings. The lowest BCUT2D eigenvalue weighted by Crippen LogP contribution is -1.92. The fraction of sp³-hybridized carbons (Fsp3) is 0.300. The lowest BCUT2D eigenvalue weighted by atomic mass is 10.0. The van der Waals surface area contributed by atoms with Gasteiger partial charge in [-0.25, -0.2) is 0 Å². The molecule has 2 heteroatoms. The maximum absolute atomic E-state index is 5.99. The van der Waals surface area contributed by atoms with Gasteiger partial charge in [-0.05, 0) is 37.1 Å². The van der Waals surface area contributed by atoms with Crippen LogP contribution in [-0.2, 0) is 6.42 Å². The van der Waals surface area contributed by atoms with E-state index in [1.54, 1.807) is 0 Å². The largest absolute Gasteiger partial charge is 0.257 e. The van der Waals surface area contributed by atoms with Crippen molar-refractivity contribution < 1.29 is 0 Å². The number of hydrogen-bond donors (Lipinski definition) is 0. The molecule has 0 amide bonds. The molecule has 0 saturated heterocycles. The van der Waals surface area contributed by atoms with Crippen LogP contribution in [0.4, 0.5) is 5.69 Å². The third-order valence-electron chi connectivity index (χ3n) is 2.25. The Labute approximate surface area is 77.1 Å². The molecule has 1 aliphatic heterocycles. The van der Waals surface area contributed by atoms with Gasteiger partial charge in [0.2, 0.25) is 0 Å². The van der Waals surface area contributed by atoms with Gasteiger partial charge in [-0.15, -0.1) is 0 Å². The van der Waals surface area contributed by atoms with E-state index in [4.69, 9.17) is 11.6 Å². The van der Waals surface area contributed by atoms with Crippen LogP contribution in [0.5, 0.6) is 0 Å². The average molecular weight is 180 g/mol. The van der Waals surface area contributed by atoms with E-state index < -0.39 is 0 Å². The number of halogens is 1. The first-order chi connectivity index (χ1) is 5.68. The number of aliphatic imine (C=N–C) groups is 1. The molecule has 0 N–H and O–H groups in total. The quantitative estimate of drug-likeness (QED) is 0.580. The van der Waals surface area contributed by atoms with Crippen LogP contribution in [0.1, 0.15) is 18.1 Å². The summed E-state index contributed by atoms with van der Waals surface area (Å²) in [5.41, 5.74) is 4.74. The molecule has 0 unspecified atom stereocenters. The van der Waals surface area contributed by atoms with Gasteiger partial charge < -0.3 is 0 Å². The van der Waals surface area contributed by atoms with Crippen molar-refractivity contribution in [3.8, 4) is 0 Å². The van der Waals surface area contributed by atoms with Crippen LogP contribution in [0.2, 0.25) is 5.02 Å². The minimum atomic E-state index is 0.846. The highest BCUT2D eigenvalue weighted by atomic mass is 35.5. The van der Waals surface area contributed by atoms with Crippen molar-refractivity contribution in [2.24, 2.45) is 4.99 Å². The predicted molar refractivity (Wildman–Crippen MR) is 52.7 cm³/mol. The van der Waals surface area contributed by atoms with E-state index >= 15 is 0 Å². The van der Waals surface area contributed by atoms with E-state index in [-0.39, 0.29) is 0 Å². The van der Waals surface area contributed by atoms with Crippen molar-refractivity contribution in [1.29, 1.82) is 0 Å². The van der Waals surface area contributed by atoms with Gasteiger partial charge in [-0.2, -0.15) is 0 Å². The predicted octanol–water partition coefficient (Wildman–Crippen LogP) is 3.30. The molecule has 0 fully saturated rings. The number of rotatable bonds is 0. The Morgan fingerprint density at radius 3 is 2.83 bits per heavy atom. The van der Waals surface area contributed by atoms with Crippen LogP contribution >= 0.6 is 11.6 Å². The maximum Gasteiger partial charge on any atom is 0.0668 e. The van der Waals surface area contributed by atoms with Gasteiger partial charge in [-0.1, -0.05) is 11.6 Å². The molecule has 62 valence electrons. The Bertz CT molecular complexity index is 366. The first kappa shape index (κ1) is 7.81. The van der Waals surface area contributed by atoms with Crippen molar-refractivity contribution >= 4 is 23.0 Å². The van der Waals surface area contributed by atoms with Crippen LogP contribution in [-0.4, -0.2) is 5.71 Å². The van der Waals surface area contributed by atoms with Crippen molar-refractivity contribution in [2.45, 2.75) is 20.3 Å². The fourth-order valence-electron chi connectivity index (χ4n) is 1.54. The average Bonchev–Trinajstić information content (AvgIpc) is 2.39. The molecule has 2 rings (SSSR count). The smallest absolute Gasteiger partial charge is 0.0668 e. The Morgan fingerprint density at radius 2 is 2.08 bits per heavy atom. The molecule has 0 saturated carbocycles. The summed E-state index contributed by atoms with van der Waals surface area (Å²) in [6.07, 6.45) is 0.960. The molecule has 12 heavy (non-hydrogen) atoms. The summed E-state index contributed by atoms with van der Waals surface area (Å²) >= 11 is 5.99. The summed E-state index contributed by atoms with van der Waals surface area (Å²) in [7, 11) is 0. The van der Waals surface area contributed by atoms with Gasteiger partial charge in [0.25, 0.3) is 0 Å². The Kier molecular flexibility index (Phi) is 1.69. The minimum absolute atomic E-state index is 0.846. The van der Waals surface area contributed by atoms with Gasteiger partial charge in [0, 0.05) is 17.2 Å². The highest BCUT2D eigenvalue weighted by Crippen LogP contribution is 2.32. The molecule has 1 nitrogen and oxygen atoms in total. The van der Waals surface area contributed by atoms with E-state index in [1.807, 2.05) is 19.1 Å². The molecule has 0 bridgehead atoms. The molecule has 0 radical (unpaired) electrons. The Hall–Kier alpha value is -0.820. The second kappa shape index (κ2) is 2.60. The summed E-state index contributed by atoms with van der Waals surface area (Å²) in [4.78, 5) is 4.41. The SMILES string of the molecule is CC1=Nc2ccc(Cl)c(C)c2C1. The Morgan fingerprint density at radius 1 is 1.33 bits per heavy atom. The molecule has 1 aliphatic rings. The van der Waals surface area contributed by atoms with Gasteiger partial charge >= 0.3 is 0 Å². The summed E-state index contributed by atoms with van der Waals surface area (Å²) in [5.74, 6) is 0. The zero-order valence-corrected chi connectivity index (χ0v) is 7.94. The van der Waals surface area contributed by atoms with Crippen molar-refractivity contribution in [3.05, 3.63) is 28.3 Å². The lowest BCUT2D eigenvalue weighted by molar-refractivity contribution is 1.29. The fourth-order valence-corrected chi connectivity index (χ4v) is 1.72. The van der Waals surface area contributed by atoms with E-state index in [1.165, 1.54) is 16.8 Å². The monoisotopic (exact) mass is 179 g/mol. The third-order valence-corrected chi connectivity index (χ3v) is 2.66. The molecule has 1 heterocycles. The highest BCUT2D eigenvalue weighted by Gasteiger charge is 2.14. The third kappa shape index (κ3) is 1.05. The first-order valence-corrected chi connectivity index (χ1v) is 4.38. The summed E-state index contributed by atoms with van der Waals surface area (Å²) in [6.45, 7) is 4.10. The molecule has 0 aliphatic carbocycles. The number of hydrogen-bond acceptors (Lipinski definition) is 1. The van der Waals surface area contributed by atoms with Crippen LogP contribution < -0.4 is 0 Å². The summed E-state index contributed by atoms with van der Waals surface area (Å²) in [6, 6.07) is 3.90. The van der Waals surface area contributed by atoms with E-state index in [2.05, 4.69) is 11.9 Å². The van der Waals surface area contributed by atoms with Crippen LogP contribution in [0.3, 0.4) is 0 Å². The normalized spacial score (nSPS) is 14.4. The maximum atomic E-state index is 5.99. The van der Waals surface area contributed by atoms with E-state index in [0.717, 1.165) is 17.1 Å². The Balaban J connectivity index is 2.61. The molecule has 1 aromatic carbocycles. The second-order valence-corrected chi connectivity index (χ2v) is 3.60. The van der Waals surface area contributed by atoms with Crippen molar-refractivity contribution in [1.82, 2.24) is 0 Å².